The van der Waals surface area contributed by atoms with E-state index >= 15 is 0 Å². The molecule has 0 aliphatic carbocycles. The molecule has 34 heavy (non-hydrogen) atoms. The Morgan fingerprint density at radius 1 is 1.21 bits per heavy atom. The number of fused-ring (bicyclic) bond motifs is 1. The molecule has 1 fully saturated rings. The number of pyridine rings is 2. The number of aliphatic hydroxyl groups excluding tert-OH is 1. The molecule has 3 aromatic heterocycles. The fourth-order valence-electron chi connectivity index (χ4n) is 4.31. The molecule has 1 unspecified atom stereocenters. The summed E-state index contributed by atoms with van der Waals surface area (Å²) in [6.07, 6.45) is 6.50. The second-order valence-corrected chi connectivity index (χ2v) is 9.65. The lowest BCUT2D eigenvalue weighted by molar-refractivity contribution is 0.212. The topological polar surface area (TPSA) is 116 Å². The Balaban J connectivity index is 1.59. The predicted molar refractivity (Wildman–Crippen MR) is 138 cm³/mol. The molecule has 4 heterocycles. The summed E-state index contributed by atoms with van der Waals surface area (Å²) in [6.45, 7) is 9.32. The number of aliphatic hydroxyl groups is 1. The monoisotopic (exact) mass is 464 g/mol. The number of anilines is 3. The largest absolute Gasteiger partial charge is 0.394 e. The molecule has 0 saturated carbocycles. The maximum absolute atomic E-state index is 9.99. The van der Waals surface area contributed by atoms with Crippen molar-refractivity contribution < 1.29 is 5.11 Å². The minimum absolute atomic E-state index is 0.00594. The van der Waals surface area contributed by atoms with Gasteiger partial charge >= 0.3 is 0 Å². The van der Waals surface area contributed by atoms with Crippen molar-refractivity contribution in [3.63, 3.8) is 0 Å². The van der Waals surface area contributed by atoms with Crippen LogP contribution in [0.4, 0.5) is 17.6 Å². The van der Waals surface area contributed by atoms with E-state index in [1.165, 1.54) is 0 Å². The van der Waals surface area contributed by atoms with Gasteiger partial charge in [-0.2, -0.15) is 4.98 Å². The highest BCUT2D eigenvalue weighted by Crippen LogP contribution is 2.29. The summed E-state index contributed by atoms with van der Waals surface area (Å²) in [5, 5.41) is 14.1. The van der Waals surface area contributed by atoms with Crippen LogP contribution in [-0.2, 0) is 0 Å². The van der Waals surface area contributed by atoms with Crippen molar-refractivity contribution in [3.8, 4) is 11.3 Å². The molecule has 0 aromatic carbocycles. The summed E-state index contributed by atoms with van der Waals surface area (Å²) >= 11 is 0. The second kappa shape index (κ2) is 10.1. The number of nitrogens with one attached hydrogen (secondary N) is 1. The molecule has 0 amide bonds. The lowest BCUT2D eigenvalue weighted by atomic mass is 9.95. The third-order valence-corrected chi connectivity index (χ3v) is 6.78. The van der Waals surface area contributed by atoms with Crippen LogP contribution in [0.3, 0.4) is 0 Å². The summed E-state index contributed by atoms with van der Waals surface area (Å²) in [4.78, 5) is 22.9. The van der Waals surface area contributed by atoms with Gasteiger partial charge in [-0.3, -0.25) is 4.98 Å². The van der Waals surface area contributed by atoms with Gasteiger partial charge in [-0.1, -0.05) is 19.8 Å². The highest BCUT2D eigenvalue weighted by atomic mass is 16.3. The fourth-order valence-corrected chi connectivity index (χ4v) is 4.31. The molecule has 3 aromatic rings. The van der Waals surface area contributed by atoms with Crippen LogP contribution in [0.15, 0.2) is 30.6 Å². The van der Waals surface area contributed by atoms with Crippen LogP contribution < -0.4 is 16.0 Å². The first-order valence-corrected chi connectivity index (χ1v) is 12.1. The number of piperazine rings is 1. The second-order valence-electron chi connectivity index (χ2n) is 9.65. The summed E-state index contributed by atoms with van der Waals surface area (Å²) in [7, 11) is 2.16. The zero-order chi connectivity index (χ0) is 24.3. The highest BCUT2D eigenvalue weighted by Gasteiger charge is 2.25. The summed E-state index contributed by atoms with van der Waals surface area (Å²) in [6, 6.07) is 6.52. The number of aromatic nitrogens is 4. The lowest BCUT2D eigenvalue weighted by Crippen LogP contribution is -2.50. The van der Waals surface area contributed by atoms with Crippen molar-refractivity contribution in [2.75, 3.05) is 49.2 Å². The predicted octanol–water partition coefficient (Wildman–Crippen LogP) is 3.16. The van der Waals surface area contributed by atoms with E-state index in [1.807, 2.05) is 19.2 Å². The molecule has 1 aliphatic heterocycles. The smallest absolute Gasteiger partial charge is 0.222 e. The Bertz CT molecular complexity index is 1120. The van der Waals surface area contributed by atoms with Crippen LogP contribution in [0.5, 0.6) is 0 Å². The summed E-state index contributed by atoms with van der Waals surface area (Å²) in [5.41, 5.74) is 7.93. The number of nitrogen functional groups attached to an aromatic ring is 1. The number of rotatable bonds is 8. The molecular formula is C25H36N8O. The highest BCUT2D eigenvalue weighted by molar-refractivity contribution is 5.91. The molecule has 9 nitrogen and oxygen atoms in total. The lowest BCUT2D eigenvalue weighted by Gasteiger charge is -2.38. The molecule has 0 bridgehead atoms. The molecule has 9 heteroatoms. The van der Waals surface area contributed by atoms with Gasteiger partial charge in [-0.05, 0) is 45.5 Å². The SMILES string of the molecule is CCCC[C@](C)(CO)Nc1nc(N)nc2cc(-c3ccc(N4CCN(C)C(C)C4)nc3)ncc12. The third kappa shape index (κ3) is 5.20. The van der Waals surface area contributed by atoms with Gasteiger partial charge in [0.15, 0.2) is 0 Å². The minimum Gasteiger partial charge on any atom is -0.394 e. The zero-order valence-electron chi connectivity index (χ0n) is 20.6. The van der Waals surface area contributed by atoms with Gasteiger partial charge in [0.25, 0.3) is 0 Å². The molecule has 4 rings (SSSR count). The standard InChI is InChI=1S/C25H36N8O/c1-5-6-9-25(3,16-34)31-23-19-14-27-20(12-21(19)29-24(26)30-23)18-7-8-22(28-13-18)33-11-10-32(4)17(2)15-33/h7-8,12-14,17,34H,5-6,9-11,15-16H2,1-4H3,(H3,26,29,30,31)/t17?,25-/m1/s1. The normalized spacial score (nSPS) is 18.7. The van der Waals surface area contributed by atoms with E-state index in [4.69, 9.17) is 10.7 Å². The Kier molecular flexibility index (Phi) is 7.13. The van der Waals surface area contributed by atoms with Gasteiger partial charge in [0, 0.05) is 43.6 Å². The van der Waals surface area contributed by atoms with Crippen molar-refractivity contribution >= 4 is 28.5 Å². The van der Waals surface area contributed by atoms with Crippen LogP contribution >= 0.6 is 0 Å². The van der Waals surface area contributed by atoms with E-state index < -0.39 is 5.54 Å². The first-order valence-electron chi connectivity index (χ1n) is 12.1. The molecular weight excluding hydrogens is 428 g/mol. The summed E-state index contributed by atoms with van der Waals surface area (Å²) in [5.74, 6) is 1.75. The minimum atomic E-state index is -0.497. The van der Waals surface area contributed by atoms with Crippen LogP contribution in [0.25, 0.3) is 22.2 Å². The Morgan fingerprint density at radius 3 is 2.71 bits per heavy atom. The van der Waals surface area contributed by atoms with E-state index in [9.17, 15) is 5.11 Å². The van der Waals surface area contributed by atoms with Crippen molar-refractivity contribution in [2.24, 2.45) is 0 Å². The number of nitrogens with zero attached hydrogens (tertiary/aromatic N) is 6. The molecule has 0 radical (unpaired) electrons. The number of unbranched alkanes of at least 4 members (excludes halogenated alkanes) is 1. The molecule has 1 saturated heterocycles. The molecule has 1 aliphatic rings. The number of hydrogen-bond acceptors (Lipinski definition) is 9. The van der Waals surface area contributed by atoms with Gasteiger partial charge in [0.05, 0.1) is 28.7 Å². The van der Waals surface area contributed by atoms with E-state index in [1.54, 1.807) is 6.20 Å². The maximum atomic E-state index is 9.99. The van der Waals surface area contributed by atoms with Crippen LogP contribution in [0, 0.1) is 0 Å². The molecule has 4 N–H and O–H groups in total. The van der Waals surface area contributed by atoms with Gasteiger partial charge in [0.1, 0.15) is 11.6 Å². The van der Waals surface area contributed by atoms with E-state index in [0.29, 0.717) is 17.4 Å². The molecule has 182 valence electrons. The van der Waals surface area contributed by atoms with Crippen molar-refractivity contribution in [1.29, 1.82) is 0 Å². The van der Waals surface area contributed by atoms with Crippen molar-refractivity contribution in [2.45, 2.75) is 51.6 Å². The van der Waals surface area contributed by atoms with E-state index in [2.05, 4.69) is 63.1 Å². The van der Waals surface area contributed by atoms with Gasteiger partial charge in [-0.25, -0.2) is 9.97 Å². The quantitative estimate of drug-likeness (QED) is 0.462. The first kappa shape index (κ1) is 24.1. The van der Waals surface area contributed by atoms with Crippen molar-refractivity contribution in [1.82, 2.24) is 24.8 Å². The van der Waals surface area contributed by atoms with E-state index in [-0.39, 0.29) is 12.6 Å². The van der Waals surface area contributed by atoms with Gasteiger partial charge in [0.2, 0.25) is 5.95 Å². The van der Waals surface area contributed by atoms with Crippen LogP contribution in [0.1, 0.15) is 40.0 Å². The Morgan fingerprint density at radius 2 is 2.03 bits per heavy atom. The zero-order valence-corrected chi connectivity index (χ0v) is 20.6. The molecule has 2 atom stereocenters. The van der Waals surface area contributed by atoms with Crippen LogP contribution in [0.2, 0.25) is 0 Å². The summed E-state index contributed by atoms with van der Waals surface area (Å²) < 4.78 is 0. The Hall–Kier alpha value is -3.04. The van der Waals surface area contributed by atoms with Gasteiger partial charge in [-0.15, -0.1) is 0 Å². The Labute approximate surface area is 201 Å². The van der Waals surface area contributed by atoms with E-state index in [0.717, 1.165) is 61.4 Å². The number of likely N-dealkylation sites (N-methyl/N-ethyl adjacent to an activating group) is 1. The van der Waals surface area contributed by atoms with Crippen molar-refractivity contribution in [3.05, 3.63) is 30.6 Å². The number of hydrogen-bond donors (Lipinski definition) is 3. The first-order chi connectivity index (χ1) is 16.3. The van der Waals surface area contributed by atoms with Crippen LogP contribution in [-0.4, -0.2) is 74.8 Å². The third-order valence-electron chi connectivity index (χ3n) is 6.78. The average molecular weight is 465 g/mol. The van der Waals surface area contributed by atoms with Gasteiger partial charge < -0.3 is 26.0 Å². The number of nitrogens with two attached hydrogens (primary N) is 1. The average Bonchev–Trinajstić information content (AvgIpc) is 2.84. The fraction of sp³-hybridized carbons (Fsp3) is 0.520. The molecule has 0 spiro atoms. The maximum Gasteiger partial charge on any atom is 0.222 e.